The molecule has 0 atom stereocenters. The van der Waals surface area contributed by atoms with Gasteiger partial charge in [0.2, 0.25) is 5.91 Å². The van der Waals surface area contributed by atoms with E-state index in [2.05, 4.69) is 19.2 Å². The Morgan fingerprint density at radius 2 is 1.84 bits per heavy atom. The summed E-state index contributed by atoms with van der Waals surface area (Å²) < 4.78 is 1.90. The third kappa shape index (κ3) is 4.85. The van der Waals surface area contributed by atoms with Gasteiger partial charge in [-0.25, -0.2) is 4.68 Å². The molecule has 6 nitrogen and oxygen atoms in total. The van der Waals surface area contributed by atoms with Crippen LogP contribution in [0.25, 0.3) is 11.3 Å². The van der Waals surface area contributed by atoms with Crippen molar-refractivity contribution in [1.29, 1.82) is 0 Å². The summed E-state index contributed by atoms with van der Waals surface area (Å²) in [7, 11) is 0. The zero-order valence-corrected chi connectivity index (χ0v) is 18.0. The van der Waals surface area contributed by atoms with Gasteiger partial charge in [-0.15, -0.1) is 0 Å². The average molecular weight is 417 g/mol. The summed E-state index contributed by atoms with van der Waals surface area (Å²) in [6.07, 6.45) is 1.39. The highest BCUT2D eigenvalue weighted by Crippen LogP contribution is 2.29. The Hall–Kier alpha value is -3.41. The highest BCUT2D eigenvalue weighted by molar-refractivity contribution is 5.95. The Kier molecular flexibility index (Phi) is 6.16. The lowest BCUT2D eigenvalue weighted by Gasteiger charge is -2.27. The fraction of sp³-hybridized carbons (Fsp3) is 0.320. The highest BCUT2D eigenvalue weighted by atomic mass is 16.2. The molecule has 1 aliphatic heterocycles. The van der Waals surface area contributed by atoms with E-state index in [1.165, 1.54) is 0 Å². The van der Waals surface area contributed by atoms with Gasteiger partial charge in [0.15, 0.2) is 0 Å². The van der Waals surface area contributed by atoms with Crippen molar-refractivity contribution in [2.24, 2.45) is 5.92 Å². The molecule has 0 bridgehead atoms. The first-order valence-electron chi connectivity index (χ1n) is 10.8. The van der Waals surface area contributed by atoms with E-state index in [0.29, 0.717) is 37.5 Å². The van der Waals surface area contributed by atoms with E-state index in [9.17, 15) is 9.59 Å². The number of nitrogens with zero attached hydrogens (tertiary/aromatic N) is 3. The first-order chi connectivity index (χ1) is 15.0. The molecule has 160 valence electrons. The fourth-order valence-electron chi connectivity index (χ4n) is 3.69. The number of benzene rings is 2. The molecule has 0 aliphatic carbocycles. The molecule has 2 amide bonds. The van der Waals surface area contributed by atoms with Gasteiger partial charge in [-0.05, 0) is 30.0 Å². The molecular weight excluding hydrogens is 388 g/mol. The van der Waals surface area contributed by atoms with Crippen molar-refractivity contribution in [3.05, 3.63) is 71.8 Å². The van der Waals surface area contributed by atoms with Crippen molar-refractivity contribution in [3.8, 4) is 11.3 Å². The molecule has 0 unspecified atom stereocenters. The van der Waals surface area contributed by atoms with Crippen molar-refractivity contribution < 1.29 is 9.59 Å². The number of nitrogens with one attached hydrogen (secondary N) is 1. The Balaban J connectivity index is 1.48. The number of hydrogen-bond acceptors (Lipinski definition) is 3. The Morgan fingerprint density at radius 1 is 1.10 bits per heavy atom. The SMILES string of the molecule is CC(C)CCNC(=O)c1ccc(CN2C(=O)CCn3nc(-c4ccccc4)cc32)cc1. The third-order valence-corrected chi connectivity index (χ3v) is 5.51. The van der Waals surface area contributed by atoms with E-state index in [0.717, 1.165) is 29.1 Å². The lowest BCUT2D eigenvalue weighted by atomic mass is 10.1. The molecule has 2 heterocycles. The van der Waals surface area contributed by atoms with Gasteiger partial charge in [0.1, 0.15) is 5.82 Å². The van der Waals surface area contributed by atoms with Crippen LogP contribution < -0.4 is 10.2 Å². The summed E-state index contributed by atoms with van der Waals surface area (Å²) in [5.74, 6) is 1.39. The lowest BCUT2D eigenvalue weighted by Crippen LogP contribution is -2.36. The second kappa shape index (κ2) is 9.16. The van der Waals surface area contributed by atoms with Gasteiger partial charge in [0.05, 0.1) is 18.8 Å². The maximum Gasteiger partial charge on any atom is 0.251 e. The lowest BCUT2D eigenvalue weighted by molar-refractivity contribution is -0.119. The number of aromatic nitrogens is 2. The standard InChI is InChI=1S/C25H28N4O2/c1-18(2)12-14-26-25(31)21-10-8-19(9-11-21)17-28-23-16-22(20-6-4-3-5-7-20)27-29(23)15-13-24(28)30/h3-11,16,18H,12-15,17H2,1-2H3,(H,26,31). The van der Waals surface area contributed by atoms with Crippen molar-refractivity contribution in [3.63, 3.8) is 0 Å². The summed E-state index contributed by atoms with van der Waals surface area (Å²) in [6, 6.07) is 19.4. The minimum absolute atomic E-state index is 0.0631. The fourth-order valence-corrected chi connectivity index (χ4v) is 3.69. The van der Waals surface area contributed by atoms with E-state index < -0.39 is 0 Å². The van der Waals surface area contributed by atoms with Crippen LogP contribution in [0, 0.1) is 5.92 Å². The Morgan fingerprint density at radius 3 is 2.55 bits per heavy atom. The van der Waals surface area contributed by atoms with E-state index >= 15 is 0 Å². The smallest absolute Gasteiger partial charge is 0.251 e. The van der Waals surface area contributed by atoms with Gasteiger partial charge in [0, 0.05) is 30.2 Å². The largest absolute Gasteiger partial charge is 0.352 e. The number of hydrogen-bond donors (Lipinski definition) is 1. The topological polar surface area (TPSA) is 67.2 Å². The van der Waals surface area contributed by atoms with Crippen LogP contribution in [0.15, 0.2) is 60.7 Å². The average Bonchev–Trinajstić information content (AvgIpc) is 3.21. The van der Waals surface area contributed by atoms with Gasteiger partial charge in [-0.1, -0.05) is 56.3 Å². The summed E-state index contributed by atoms with van der Waals surface area (Å²) in [5, 5.41) is 7.65. The molecule has 0 spiro atoms. The van der Waals surface area contributed by atoms with Crippen LogP contribution in [0.5, 0.6) is 0 Å². The van der Waals surface area contributed by atoms with Crippen molar-refractivity contribution in [2.75, 3.05) is 11.4 Å². The summed E-state index contributed by atoms with van der Waals surface area (Å²) in [4.78, 5) is 26.7. The summed E-state index contributed by atoms with van der Waals surface area (Å²) >= 11 is 0. The number of rotatable bonds is 7. The molecule has 31 heavy (non-hydrogen) atoms. The van der Waals surface area contributed by atoms with Crippen LogP contribution in [0.2, 0.25) is 0 Å². The molecule has 3 aromatic rings. The predicted molar refractivity (Wildman–Crippen MR) is 122 cm³/mol. The molecule has 1 aliphatic rings. The van der Waals surface area contributed by atoms with Crippen LogP contribution in [-0.4, -0.2) is 28.1 Å². The van der Waals surface area contributed by atoms with Gasteiger partial charge in [0.25, 0.3) is 5.91 Å². The number of aryl methyl sites for hydroxylation is 1. The van der Waals surface area contributed by atoms with E-state index in [4.69, 9.17) is 5.10 Å². The van der Waals surface area contributed by atoms with Gasteiger partial charge < -0.3 is 5.32 Å². The molecular formula is C25H28N4O2. The number of carbonyl (C=O) groups is 2. The quantitative estimate of drug-likeness (QED) is 0.626. The maximum atomic E-state index is 12.7. The summed E-state index contributed by atoms with van der Waals surface area (Å²) in [6.45, 7) is 5.99. The van der Waals surface area contributed by atoms with Crippen LogP contribution in [0.1, 0.15) is 42.6 Å². The Bertz CT molecular complexity index is 1050. The minimum Gasteiger partial charge on any atom is -0.352 e. The molecule has 0 saturated carbocycles. The highest BCUT2D eigenvalue weighted by Gasteiger charge is 2.26. The first kappa shape index (κ1) is 20.8. The van der Waals surface area contributed by atoms with Crippen LogP contribution >= 0.6 is 0 Å². The van der Waals surface area contributed by atoms with Crippen LogP contribution in [-0.2, 0) is 17.9 Å². The molecule has 1 aromatic heterocycles. The normalized spacial score (nSPS) is 13.4. The molecule has 2 aromatic carbocycles. The molecule has 0 radical (unpaired) electrons. The van der Waals surface area contributed by atoms with Crippen molar-refractivity contribution in [2.45, 2.75) is 39.8 Å². The van der Waals surface area contributed by atoms with Crippen molar-refractivity contribution in [1.82, 2.24) is 15.1 Å². The molecule has 0 saturated heterocycles. The summed E-state index contributed by atoms with van der Waals surface area (Å²) in [5.41, 5.74) is 3.50. The first-order valence-corrected chi connectivity index (χ1v) is 10.8. The van der Waals surface area contributed by atoms with Gasteiger partial charge in [-0.2, -0.15) is 5.10 Å². The third-order valence-electron chi connectivity index (χ3n) is 5.51. The second-order valence-electron chi connectivity index (χ2n) is 8.34. The number of carbonyl (C=O) groups excluding carboxylic acids is 2. The van der Waals surface area contributed by atoms with Crippen LogP contribution in [0.3, 0.4) is 0 Å². The number of amides is 2. The van der Waals surface area contributed by atoms with E-state index in [1.54, 1.807) is 4.90 Å². The molecule has 4 rings (SSSR count). The van der Waals surface area contributed by atoms with E-state index in [1.807, 2.05) is 65.3 Å². The maximum absolute atomic E-state index is 12.7. The Labute approximate surface area is 182 Å². The minimum atomic E-state index is -0.0631. The molecule has 6 heteroatoms. The molecule has 0 fully saturated rings. The number of anilines is 1. The second-order valence-corrected chi connectivity index (χ2v) is 8.34. The molecule has 1 N–H and O–H groups in total. The van der Waals surface area contributed by atoms with Gasteiger partial charge >= 0.3 is 0 Å². The van der Waals surface area contributed by atoms with Gasteiger partial charge in [-0.3, -0.25) is 14.5 Å². The monoisotopic (exact) mass is 416 g/mol. The van der Waals surface area contributed by atoms with Crippen LogP contribution in [0.4, 0.5) is 5.82 Å². The van der Waals surface area contributed by atoms with Crippen molar-refractivity contribution >= 4 is 17.6 Å². The number of fused-ring (bicyclic) bond motifs is 1. The zero-order valence-electron chi connectivity index (χ0n) is 18.0. The van der Waals surface area contributed by atoms with E-state index in [-0.39, 0.29) is 11.8 Å². The zero-order chi connectivity index (χ0) is 21.8. The predicted octanol–water partition coefficient (Wildman–Crippen LogP) is 4.26.